The SMILES string of the molecule is O=C(Cn1cnc(-c2ccccc2)cc1=O)N(Cc1ccccc1)c1ccccn1. The smallest absolute Gasteiger partial charge is 0.254 e. The number of carbonyl (C=O) groups is 1. The second-order valence-corrected chi connectivity index (χ2v) is 6.76. The van der Waals surface area contributed by atoms with Crippen molar-refractivity contribution < 1.29 is 4.79 Å². The lowest BCUT2D eigenvalue weighted by molar-refractivity contribution is -0.119. The van der Waals surface area contributed by atoms with Crippen LogP contribution < -0.4 is 10.5 Å². The molecular weight excluding hydrogens is 376 g/mol. The number of carbonyl (C=O) groups excluding carboxylic acids is 1. The Kier molecular flexibility index (Phi) is 5.75. The first kappa shape index (κ1) is 19.3. The molecule has 0 aliphatic heterocycles. The number of rotatable bonds is 6. The van der Waals surface area contributed by atoms with Gasteiger partial charge in [0.15, 0.2) is 0 Å². The number of amides is 1. The third kappa shape index (κ3) is 4.50. The maximum atomic E-state index is 13.1. The maximum absolute atomic E-state index is 13.1. The molecule has 30 heavy (non-hydrogen) atoms. The van der Waals surface area contributed by atoms with Crippen LogP contribution in [0.15, 0.2) is 102 Å². The normalized spacial score (nSPS) is 10.5. The minimum absolute atomic E-state index is 0.121. The first-order valence-electron chi connectivity index (χ1n) is 9.58. The molecule has 0 fully saturated rings. The fourth-order valence-corrected chi connectivity index (χ4v) is 3.12. The van der Waals surface area contributed by atoms with Crippen molar-refractivity contribution in [3.05, 3.63) is 113 Å². The Morgan fingerprint density at radius 2 is 1.57 bits per heavy atom. The van der Waals surface area contributed by atoms with E-state index in [4.69, 9.17) is 0 Å². The molecule has 4 aromatic rings. The van der Waals surface area contributed by atoms with Gasteiger partial charge < -0.3 is 0 Å². The highest BCUT2D eigenvalue weighted by Crippen LogP contribution is 2.16. The molecule has 0 atom stereocenters. The quantitative estimate of drug-likeness (QED) is 0.500. The van der Waals surface area contributed by atoms with E-state index in [0.29, 0.717) is 18.1 Å². The van der Waals surface area contributed by atoms with Crippen molar-refractivity contribution >= 4 is 11.7 Å². The van der Waals surface area contributed by atoms with Gasteiger partial charge in [-0.05, 0) is 17.7 Å². The molecule has 0 N–H and O–H groups in total. The third-order valence-corrected chi connectivity index (χ3v) is 4.67. The van der Waals surface area contributed by atoms with Crippen LogP contribution in [-0.2, 0) is 17.9 Å². The van der Waals surface area contributed by atoms with Crippen molar-refractivity contribution in [2.75, 3.05) is 4.90 Å². The predicted octanol–water partition coefficient (Wildman–Crippen LogP) is 3.54. The summed E-state index contributed by atoms with van der Waals surface area (Å²) < 4.78 is 1.32. The monoisotopic (exact) mass is 396 g/mol. The van der Waals surface area contributed by atoms with Crippen LogP contribution in [0.5, 0.6) is 0 Å². The Morgan fingerprint density at radius 1 is 0.867 bits per heavy atom. The Hall–Kier alpha value is -4.06. The lowest BCUT2D eigenvalue weighted by Crippen LogP contribution is -2.36. The van der Waals surface area contributed by atoms with Crippen molar-refractivity contribution in [1.29, 1.82) is 0 Å². The van der Waals surface area contributed by atoms with Crippen LogP contribution in [-0.4, -0.2) is 20.4 Å². The van der Waals surface area contributed by atoms with Crippen LogP contribution in [0, 0.1) is 0 Å². The van der Waals surface area contributed by atoms with Gasteiger partial charge in [-0.15, -0.1) is 0 Å². The average Bonchev–Trinajstić information content (AvgIpc) is 2.80. The zero-order valence-electron chi connectivity index (χ0n) is 16.3. The van der Waals surface area contributed by atoms with Gasteiger partial charge in [-0.25, -0.2) is 9.97 Å². The van der Waals surface area contributed by atoms with E-state index >= 15 is 0 Å². The van der Waals surface area contributed by atoms with Gasteiger partial charge in [-0.1, -0.05) is 66.7 Å². The Labute approximate surface area is 174 Å². The zero-order chi connectivity index (χ0) is 20.8. The number of nitrogens with zero attached hydrogens (tertiary/aromatic N) is 4. The molecule has 0 radical (unpaired) electrons. The highest BCUT2D eigenvalue weighted by molar-refractivity contribution is 5.92. The lowest BCUT2D eigenvalue weighted by atomic mass is 10.1. The molecular formula is C24H20N4O2. The van der Waals surface area contributed by atoms with E-state index in [2.05, 4.69) is 9.97 Å². The van der Waals surface area contributed by atoms with Crippen molar-refractivity contribution in [1.82, 2.24) is 14.5 Å². The second-order valence-electron chi connectivity index (χ2n) is 6.76. The van der Waals surface area contributed by atoms with Crippen LogP contribution in [0.2, 0.25) is 0 Å². The van der Waals surface area contributed by atoms with E-state index in [0.717, 1.165) is 11.1 Å². The summed E-state index contributed by atoms with van der Waals surface area (Å²) in [6.07, 6.45) is 3.06. The first-order chi connectivity index (χ1) is 14.7. The number of hydrogen-bond acceptors (Lipinski definition) is 4. The summed E-state index contributed by atoms with van der Waals surface area (Å²) in [5.74, 6) is 0.294. The van der Waals surface area contributed by atoms with Crippen LogP contribution in [0.1, 0.15) is 5.56 Å². The lowest BCUT2D eigenvalue weighted by Gasteiger charge is -2.22. The van der Waals surface area contributed by atoms with Gasteiger partial charge in [0.05, 0.1) is 18.6 Å². The summed E-state index contributed by atoms with van der Waals surface area (Å²) in [7, 11) is 0. The van der Waals surface area contributed by atoms with Crippen molar-refractivity contribution in [3.63, 3.8) is 0 Å². The molecule has 0 aliphatic carbocycles. The van der Waals surface area contributed by atoms with Crippen molar-refractivity contribution in [2.45, 2.75) is 13.1 Å². The Balaban J connectivity index is 1.59. The van der Waals surface area contributed by atoms with E-state index < -0.39 is 0 Å². The molecule has 4 rings (SSSR count). The van der Waals surface area contributed by atoms with Crippen LogP contribution in [0.3, 0.4) is 0 Å². The van der Waals surface area contributed by atoms with Gasteiger partial charge in [0, 0.05) is 17.8 Å². The average molecular weight is 396 g/mol. The largest absolute Gasteiger partial charge is 0.291 e. The molecule has 2 aromatic heterocycles. The van der Waals surface area contributed by atoms with E-state index in [1.807, 2.05) is 66.7 Å². The first-order valence-corrected chi connectivity index (χ1v) is 9.58. The van der Waals surface area contributed by atoms with Crippen LogP contribution in [0.25, 0.3) is 11.3 Å². The topological polar surface area (TPSA) is 68.1 Å². The second kappa shape index (κ2) is 8.96. The molecule has 0 saturated carbocycles. The Bertz CT molecular complexity index is 1180. The summed E-state index contributed by atoms with van der Waals surface area (Å²) >= 11 is 0. The number of pyridine rings is 1. The van der Waals surface area contributed by atoms with Crippen LogP contribution >= 0.6 is 0 Å². The number of hydrogen-bond donors (Lipinski definition) is 0. The molecule has 0 saturated heterocycles. The summed E-state index contributed by atoms with van der Waals surface area (Å²) in [6.45, 7) is 0.241. The maximum Gasteiger partial charge on any atom is 0.254 e. The minimum atomic E-state index is -0.280. The van der Waals surface area contributed by atoms with E-state index in [9.17, 15) is 9.59 Å². The number of benzene rings is 2. The van der Waals surface area contributed by atoms with Gasteiger partial charge in [0.25, 0.3) is 5.56 Å². The number of aromatic nitrogens is 3. The highest BCUT2D eigenvalue weighted by Gasteiger charge is 2.18. The molecule has 2 aromatic carbocycles. The molecule has 2 heterocycles. The molecule has 0 bridgehead atoms. The van der Waals surface area contributed by atoms with Gasteiger partial charge >= 0.3 is 0 Å². The molecule has 6 nitrogen and oxygen atoms in total. The molecule has 148 valence electrons. The van der Waals surface area contributed by atoms with Gasteiger partial charge in [-0.3, -0.25) is 19.1 Å². The van der Waals surface area contributed by atoms with Crippen molar-refractivity contribution in [2.24, 2.45) is 0 Å². The zero-order valence-corrected chi connectivity index (χ0v) is 16.3. The minimum Gasteiger partial charge on any atom is -0.291 e. The fourth-order valence-electron chi connectivity index (χ4n) is 3.12. The summed E-state index contributed by atoms with van der Waals surface area (Å²) in [4.78, 5) is 36.0. The third-order valence-electron chi connectivity index (χ3n) is 4.67. The van der Waals surface area contributed by atoms with E-state index in [1.165, 1.54) is 17.0 Å². The number of anilines is 1. The fraction of sp³-hybridized carbons (Fsp3) is 0.0833. The molecule has 0 aliphatic rings. The molecule has 6 heteroatoms. The summed E-state index contributed by atoms with van der Waals surface area (Å²) in [5, 5.41) is 0. The van der Waals surface area contributed by atoms with Gasteiger partial charge in [-0.2, -0.15) is 0 Å². The highest BCUT2D eigenvalue weighted by atomic mass is 16.2. The Morgan fingerprint density at radius 3 is 2.23 bits per heavy atom. The summed E-state index contributed by atoms with van der Waals surface area (Å²) in [6, 6.07) is 26.0. The van der Waals surface area contributed by atoms with E-state index in [-0.39, 0.29) is 18.0 Å². The van der Waals surface area contributed by atoms with Gasteiger partial charge in [0.2, 0.25) is 5.91 Å². The molecule has 0 spiro atoms. The van der Waals surface area contributed by atoms with Crippen LogP contribution in [0.4, 0.5) is 5.82 Å². The van der Waals surface area contributed by atoms with Gasteiger partial charge in [0.1, 0.15) is 12.4 Å². The summed E-state index contributed by atoms with van der Waals surface area (Å²) in [5.41, 5.74) is 2.13. The predicted molar refractivity (Wildman–Crippen MR) is 116 cm³/mol. The standard InChI is InChI=1S/C24H20N4O2/c29-23-15-21(20-11-5-2-6-12-20)26-18-27(23)17-24(30)28(22-13-7-8-14-25-22)16-19-9-3-1-4-10-19/h1-15,18H,16-17H2. The van der Waals surface area contributed by atoms with Crippen molar-refractivity contribution in [3.8, 4) is 11.3 Å². The van der Waals surface area contributed by atoms with E-state index in [1.54, 1.807) is 23.2 Å². The molecule has 1 amide bonds. The molecule has 0 unspecified atom stereocenters.